The zero-order valence-electron chi connectivity index (χ0n) is 13.1. The molecule has 1 amide bonds. The number of carbonyl (C=O) groups is 1. The summed E-state index contributed by atoms with van der Waals surface area (Å²) in [7, 11) is -3.38. The molecule has 1 saturated heterocycles. The number of nitrogens with one attached hydrogen (secondary N) is 1. The van der Waals surface area contributed by atoms with Gasteiger partial charge in [0.2, 0.25) is 5.91 Å². The molecule has 0 saturated carbocycles. The van der Waals surface area contributed by atoms with E-state index >= 15 is 0 Å². The molecule has 1 aromatic carbocycles. The summed E-state index contributed by atoms with van der Waals surface area (Å²) in [6.07, 6.45) is 1.29. The van der Waals surface area contributed by atoms with E-state index in [1.807, 2.05) is 18.7 Å². The van der Waals surface area contributed by atoms with Crippen molar-refractivity contribution in [1.29, 1.82) is 0 Å². The van der Waals surface area contributed by atoms with E-state index in [9.17, 15) is 13.2 Å². The lowest BCUT2D eigenvalue weighted by atomic mass is 10.2. The third-order valence-corrected chi connectivity index (χ3v) is 4.58. The zero-order valence-corrected chi connectivity index (χ0v) is 13.9. The topological polar surface area (TPSA) is 75.7 Å². The third-order valence-electron chi connectivity index (χ3n) is 3.42. The smallest absolute Gasteiger partial charge is 0.238 e. The fraction of sp³-hybridized carbons (Fsp3) is 0.533. The minimum absolute atomic E-state index is 0.0832. The van der Waals surface area contributed by atoms with E-state index in [-0.39, 0.29) is 29.6 Å². The highest BCUT2D eigenvalue weighted by atomic mass is 32.2. The highest BCUT2D eigenvalue weighted by Gasteiger charge is 2.24. The number of nitrogens with zero attached hydrogens (tertiary/aromatic N) is 1. The Labute approximate surface area is 131 Å². The number of sulfone groups is 1. The van der Waals surface area contributed by atoms with E-state index in [0.29, 0.717) is 18.8 Å². The molecule has 0 aliphatic carbocycles. The van der Waals surface area contributed by atoms with Gasteiger partial charge in [-0.25, -0.2) is 8.42 Å². The van der Waals surface area contributed by atoms with Crippen LogP contribution in [0.1, 0.15) is 13.8 Å². The molecule has 1 N–H and O–H groups in total. The number of ether oxygens (including phenoxy) is 1. The van der Waals surface area contributed by atoms with Gasteiger partial charge in [-0.05, 0) is 26.0 Å². The van der Waals surface area contributed by atoms with Crippen molar-refractivity contribution in [3.05, 3.63) is 24.3 Å². The van der Waals surface area contributed by atoms with Crippen LogP contribution in [0.25, 0.3) is 0 Å². The number of anilines is 1. The zero-order chi connectivity index (χ0) is 16.3. The van der Waals surface area contributed by atoms with Crippen LogP contribution in [0, 0.1) is 0 Å². The second-order valence-electron chi connectivity index (χ2n) is 5.77. The largest absolute Gasteiger partial charge is 0.373 e. The number of para-hydroxylation sites is 1. The Kier molecular flexibility index (Phi) is 5.20. The van der Waals surface area contributed by atoms with Crippen LogP contribution < -0.4 is 5.32 Å². The molecule has 0 spiro atoms. The van der Waals surface area contributed by atoms with Gasteiger partial charge in [-0.1, -0.05) is 12.1 Å². The lowest BCUT2D eigenvalue weighted by Gasteiger charge is -2.34. The second-order valence-corrected chi connectivity index (χ2v) is 7.75. The summed E-state index contributed by atoms with van der Waals surface area (Å²) in [5.41, 5.74) is 0.323. The van der Waals surface area contributed by atoms with Gasteiger partial charge in [0.05, 0.1) is 29.3 Å². The van der Waals surface area contributed by atoms with Crippen molar-refractivity contribution < 1.29 is 17.9 Å². The third kappa shape index (κ3) is 4.53. The number of morpholine rings is 1. The highest BCUT2D eigenvalue weighted by Crippen LogP contribution is 2.20. The van der Waals surface area contributed by atoms with Gasteiger partial charge < -0.3 is 10.1 Å². The van der Waals surface area contributed by atoms with Gasteiger partial charge in [0, 0.05) is 19.3 Å². The highest BCUT2D eigenvalue weighted by molar-refractivity contribution is 7.90. The Morgan fingerprint density at radius 2 is 1.86 bits per heavy atom. The van der Waals surface area contributed by atoms with Crippen LogP contribution in [-0.2, 0) is 19.4 Å². The van der Waals surface area contributed by atoms with Crippen molar-refractivity contribution in [3.8, 4) is 0 Å². The molecule has 2 rings (SSSR count). The summed E-state index contributed by atoms with van der Waals surface area (Å²) in [4.78, 5) is 14.3. The van der Waals surface area contributed by atoms with E-state index in [2.05, 4.69) is 5.32 Å². The molecule has 22 heavy (non-hydrogen) atoms. The molecule has 7 heteroatoms. The molecule has 0 bridgehead atoms. The fourth-order valence-corrected chi connectivity index (χ4v) is 3.54. The lowest BCUT2D eigenvalue weighted by Crippen LogP contribution is -2.48. The molecule has 1 fully saturated rings. The van der Waals surface area contributed by atoms with Gasteiger partial charge in [-0.15, -0.1) is 0 Å². The van der Waals surface area contributed by atoms with Gasteiger partial charge in [0.15, 0.2) is 9.84 Å². The van der Waals surface area contributed by atoms with Crippen molar-refractivity contribution in [2.24, 2.45) is 0 Å². The van der Waals surface area contributed by atoms with Crippen LogP contribution in [0.2, 0.25) is 0 Å². The van der Waals surface area contributed by atoms with Gasteiger partial charge in [0.25, 0.3) is 0 Å². The predicted molar refractivity (Wildman–Crippen MR) is 84.6 cm³/mol. The Hall–Kier alpha value is -1.44. The van der Waals surface area contributed by atoms with Crippen molar-refractivity contribution in [2.75, 3.05) is 31.2 Å². The number of rotatable bonds is 4. The average Bonchev–Trinajstić information content (AvgIpc) is 2.36. The van der Waals surface area contributed by atoms with Crippen LogP contribution in [0.3, 0.4) is 0 Å². The molecule has 1 aromatic rings. The minimum atomic E-state index is -3.38. The molecule has 1 heterocycles. The molecule has 0 aromatic heterocycles. The summed E-state index contributed by atoms with van der Waals surface area (Å²) < 4.78 is 29.1. The van der Waals surface area contributed by atoms with E-state index in [4.69, 9.17) is 4.74 Å². The molecule has 122 valence electrons. The summed E-state index contributed by atoms with van der Waals surface area (Å²) in [6, 6.07) is 6.42. The monoisotopic (exact) mass is 326 g/mol. The average molecular weight is 326 g/mol. The molecule has 1 aliphatic rings. The van der Waals surface area contributed by atoms with Crippen molar-refractivity contribution in [1.82, 2.24) is 4.90 Å². The number of benzene rings is 1. The number of carbonyl (C=O) groups excluding carboxylic acids is 1. The lowest BCUT2D eigenvalue weighted by molar-refractivity contribution is -0.121. The van der Waals surface area contributed by atoms with E-state index < -0.39 is 9.84 Å². The summed E-state index contributed by atoms with van der Waals surface area (Å²) >= 11 is 0. The maximum atomic E-state index is 12.2. The standard InChI is InChI=1S/C15H22N2O4S/c1-11-8-17(9-12(2)21-11)10-15(18)16-13-6-4-5-7-14(13)22(3,19)20/h4-7,11-12H,8-10H2,1-3H3,(H,16,18)/t11-,12-/m1/s1. The van der Waals surface area contributed by atoms with Gasteiger partial charge >= 0.3 is 0 Å². The summed E-state index contributed by atoms with van der Waals surface area (Å²) in [5, 5.41) is 2.69. The first-order chi connectivity index (χ1) is 10.3. The first kappa shape index (κ1) is 16.9. The van der Waals surface area contributed by atoms with Crippen LogP contribution in [-0.4, -0.2) is 57.3 Å². The van der Waals surface area contributed by atoms with E-state index in [0.717, 1.165) is 6.26 Å². The fourth-order valence-electron chi connectivity index (χ4n) is 2.70. The Bertz CT molecular complexity index is 635. The second kappa shape index (κ2) is 6.76. The molecular formula is C15H22N2O4S. The van der Waals surface area contributed by atoms with E-state index in [1.54, 1.807) is 18.2 Å². The van der Waals surface area contributed by atoms with Gasteiger partial charge in [0.1, 0.15) is 0 Å². The van der Waals surface area contributed by atoms with E-state index in [1.165, 1.54) is 6.07 Å². The van der Waals surface area contributed by atoms with Crippen LogP contribution >= 0.6 is 0 Å². The Morgan fingerprint density at radius 3 is 2.45 bits per heavy atom. The first-order valence-electron chi connectivity index (χ1n) is 7.22. The van der Waals surface area contributed by atoms with Crippen LogP contribution in [0.5, 0.6) is 0 Å². The molecule has 0 unspecified atom stereocenters. The minimum Gasteiger partial charge on any atom is -0.373 e. The molecular weight excluding hydrogens is 304 g/mol. The van der Waals surface area contributed by atoms with Gasteiger partial charge in [-0.2, -0.15) is 0 Å². The SMILES string of the molecule is C[C@@H]1CN(CC(=O)Nc2ccccc2S(C)(=O)=O)C[C@@H](C)O1. The van der Waals surface area contributed by atoms with Gasteiger partial charge in [-0.3, -0.25) is 9.69 Å². The maximum Gasteiger partial charge on any atom is 0.238 e. The molecule has 2 atom stereocenters. The number of hydrogen-bond acceptors (Lipinski definition) is 5. The number of amides is 1. The Balaban J connectivity index is 2.04. The molecule has 0 radical (unpaired) electrons. The molecule has 1 aliphatic heterocycles. The summed E-state index contributed by atoms with van der Waals surface area (Å²) in [6.45, 7) is 5.53. The van der Waals surface area contributed by atoms with Crippen molar-refractivity contribution in [2.45, 2.75) is 31.0 Å². The molecule has 6 nitrogen and oxygen atoms in total. The quantitative estimate of drug-likeness (QED) is 0.898. The predicted octanol–water partition coefficient (Wildman–Crippen LogP) is 1.14. The normalized spacial score (nSPS) is 23.2. The maximum absolute atomic E-state index is 12.2. The van der Waals surface area contributed by atoms with Crippen LogP contribution in [0.15, 0.2) is 29.2 Å². The summed E-state index contributed by atoms with van der Waals surface area (Å²) in [5.74, 6) is -0.225. The first-order valence-corrected chi connectivity index (χ1v) is 9.11. The van der Waals surface area contributed by atoms with Crippen molar-refractivity contribution in [3.63, 3.8) is 0 Å². The van der Waals surface area contributed by atoms with Crippen LogP contribution in [0.4, 0.5) is 5.69 Å². The van der Waals surface area contributed by atoms with Crippen molar-refractivity contribution >= 4 is 21.4 Å². The number of hydrogen-bond donors (Lipinski definition) is 1. The Morgan fingerprint density at radius 1 is 1.27 bits per heavy atom.